The summed E-state index contributed by atoms with van der Waals surface area (Å²) in [6, 6.07) is 11.8. The van der Waals surface area contributed by atoms with Crippen LogP contribution in [0.3, 0.4) is 0 Å². The van der Waals surface area contributed by atoms with Gasteiger partial charge in [0, 0.05) is 23.7 Å². The van der Waals surface area contributed by atoms with Crippen LogP contribution in [0.5, 0.6) is 0 Å². The van der Waals surface area contributed by atoms with Crippen molar-refractivity contribution in [2.24, 2.45) is 5.92 Å². The lowest BCUT2D eigenvalue weighted by Gasteiger charge is -2.29. The molecule has 0 atom stereocenters. The number of benzene rings is 2. The van der Waals surface area contributed by atoms with Crippen LogP contribution >= 0.6 is 23.2 Å². The predicted octanol–water partition coefficient (Wildman–Crippen LogP) is 5.58. The Hall–Kier alpha value is -2.24. The third-order valence-corrected chi connectivity index (χ3v) is 5.57. The number of carbonyl (C=O) groups excluding carboxylic acids is 1. The van der Waals surface area contributed by atoms with Crippen LogP contribution in [0.1, 0.15) is 19.8 Å². The maximum Gasteiger partial charge on any atom is 0.309 e. The number of nitrogens with zero attached hydrogens (tertiary/aromatic N) is 2. The van der Waals surface area contributed by atoms with Crippen molar-refractivity contribution >= 4 is 46.3 Å². The van der Waals surface area contributed by atoms with Crippen molar-refractivity contribution < 1.29 is 13.9 Å². The summed E-state index contributed by atoms with van der Waals surface area (Å²) in [5.74, 6) is -0.161. The Morgan fingerprint density at radius 3 is 2.61 bits per heavy atom. The number of hydrogen-bond donors (Lipinski definition) is 0. The lowest BCUT2D eigenvalue weighted by atomic mass is 9.97. The highest BCUT2D eigenvalue weighted by Crippen LogP contribution is 2.35. The van der Waals surface area contributed by atoms with Gasteiger partial charge in [0.1, 0.15) is 5.52 Å². The molecule has 0 unspecified atom stereocenters. The molecule has 0 saturated carbocycles. The molecular weight excluding hydrogens is 399 g/mol. The number of carbonyl (C=O) groups is 1. The number of piperidine rings is 1. The molecule has 1 aliphatic rings. The lowest BCUT2D eigenvalue weighted by molar-refractivity contribution is -0.148. The molecule has 1 aliphatic heterocycles. The van der Waals surface area contributed by atoms with Crippen LogP contribution in [0.15, 0.2) is 40.8 Å². The number of rotatable bonds is 4. The monoisotopic (exact) mass is 418 g/mol. The molecule has 0 bridgehead atoms. The van der Waals surface area contributed by atoms with Crippen LogP contribution in [0, 0.1) is 5.92 Å². The molecule has 4 rings (SSSR count). The van der Waals surface area contributed by atoms with Gasteiger partial charge in [-0.15, -0.1) is 0 Å². The topological polar surface area (TPSA) is 55.6 Å². The van der Waals surface area contributed by atoms with Crippen LogP contribution in [0.2, 0.25) is 10.0 Å². The summed E-state index contributed by atoms with van der Waals surface area (Å²) in [5, 5.41) is 1.28. The molecule has 0 amide bonds. The van der Waals surface area contributed by atoms with Crippen LogP contribution in [0.25, 0.3) is 22.2 Å². The number of halogens is 2. The Morgan fingerprint density at radius 2 is 1.93 bits per heavy atom. The number of oxazole rings is 1. The highest BCUT2D eigenvalue weighted by molar-refractivity contribution is 6.34. The Balaban J connectivity index is 1.55. The second-order valence-electron chi connectivity index (χ2n) is 6.82. The fourth-order valence-electron chi connectivity index (χ4n) is 3.49. The first kappa shape index (κ1) is 19.1. The first-order valence-electron chi connectivity index (χ1n) is 9.32. The minimum atomic E-state index is -0.112. The average Bonchev–Trinajstić information content (AvgIpc) is 3.11. The van der Waals surface area contributed by atoms with Crippen LogP contribution < -0.4 is 4.90 Å². The molecule has 2 heterocycles. The molecule has 146 valence electrons. The number of esters is 1. The van der Waals surface area contributed by atoms with Gasteiger partial charge in [0.2, 0.25) is 0 Å². The minimum absolute atomic E-state index is 0.0495. The van der Waals surface area contributed by atoms with E-state index in [1.165, 1.54) is 0 Å². The predicted molar refractivity (Wildman–Crippen MR) is 111 cm³/mol. The van der Waals surface area contributed by atoms with Crippen molar-refractivity contribution in [3.05, 3.63) is 46.4 Å². The molecule has 0 radical (unpaired) electrons. The average molecular weight is 419 g/mol. The number of fused-ring (bicyclic) bond motifs is 1. The SMILES string of the molecule is CCOC(=O)C1CCN(c2nc3cc(Cl)c(-c4ccc(Cl)cc4)cc3o2)CC1. The van der Waals surface area contributed by atoms with E-state index < -0.39 is 0 Å². The summed E-state index contributed by atoms with van der Waals surface area (Å²) in [6.07, 6.45) is 1.46. The molecule has 1 saturated heterocycles. The second-order valence-corrected chi connectivity index (χ2v) is 7.66. The Kier molecular flexibility index (Phi) is 5.47. The highest BCUT2D eigenvalue weighted by Gasteiger charge is 2.28. The van der Waals surface area contributed by atoms with Crippen molar-refractivity contribution in [3.63, 3.8) is 0 Å². The van der Waals surface area contributed by atoms with Gasteiger partial charge in [-0.3, -0.25) is 4.79 Å². The van der Waals surface area contributed by atoms with Gasteiger partial charge in [-0.05, 0) is 49.6 Å². The third kappa shape index (κ3) is 3.82. The first-order valence-corrected chi connectivity index (χ1v) is 10.1. The Bertz CT molecular complexity index is 993. The zero-order chi connectivity index (χ0) is 19.7. The summed E-state index contributed by atoms with van der Waals surface area (Å²) < 4.78 is 11.1. The summed E-state index contributed by atoms with van der Waals surface area (Å²) >= 11 is 12.5. The zero-order valence-corrected chi connectivity index (χ0v) is 17.0. The highest BCUT2D eigenvalue weighted by atomic mass is 35.5. The summed E-state index contributed by atoms with van der Waals surface area (Å²) in [7, 11) is 0. The fourth-order valence-corrected chi connectivity index (χ4v) is 3.88. The number of ether oxygens (including phenoxy) is 1. The summed E-state index contributed by atoms with van der Waals surface area (Å²) in [4.78, 5) is 18.6. The van der Waals surface area contributed by atoms with Crippen molar-refractivity contribution in [1.29, 1.82) is 0 Å². The summed E-state index contributed by atoms with van der Waals surface area (Å²) in [5.41, 5.74) is 3.22. The normalized spacial score (nSPS) is 15.2. The first-order chi connectivity index (χ1) is 13.5. The minimum Gasteiger partial charge on any atom is -0.466 e. The number of hydrogen-bond acceptors (Lipinski definition) is 5. The summed E-state index contributed by atoms with van der Waals surface area (Å²) in [6.45, 7) is 3.65. The van der Waals surface area contributed by atoms with E-state index in [4.69, 9.17) is 32.4 Å². The number of aromatic nitrogens is 1. The van der Waals surface area contributed by atoms with E-state index in [0.29, 0.717) is 46.9 Å². The molecule has 0 aliphatic carbocycles. The molecule has 3 aromatic rings. The van der Waals surface area contributed by atoms with Crippen molar-refractivity contribution in [2.45, 2.75) is 19.8 Å². The molecule has 2 aromatic carbocycles. The van der Waals surface area contributed by atoms with E-state index >= 15 is 0 Å². The van der Waals surface area contributed by atoms with E-state index in [9.17, 15) is 4.79 Å². The molecule has 1 aromatic heterocycles. The van der Waals surface area contributed by atoms with Gasteiger partial charge in [0.25, 0.3) is 6.01 Å². The van der Waals surface area contributed by atoms with Crippen molar-refractivity contribution in [1.82, 2.24) is 4.98 Å². The van der Waals surface area contributed by atoms with Gasteiger partial charge in [-0.1, -0.05) is 35.3 Å². The van der Waals surface area contributed by atoms with Gasteiger partial charge in [0.05, 0.1) is 17.5 Å². The molecule has 0 N–H and O–H groups in total. The fraction of sp³-hybridized carbons (Fsp3) is 0.333. The Morgan fingerprint density at radius 1 is 1.21 bits per heavy atom. The van der Waals surface area contributed by atoms with Crippen LogP contribution in [-0.4, -0.2) is 30.6 Å². The van der Waals surface area contributed by atoms with E-state index in [2.05, 4.69) is 9.88 Å². The van der Waals surface area contributed by atoms with E-state index in [0.717, 1.165) is 24.0 Å². The molecule has 5 nitrogen and oxygen atoms in total. The molecule has 0 spiro atoms. The maximum absolute atomic E-state index is 11.9. The Labute approximate surface area is 173 Å². The van der Waals surface area contributed by atoms with Gasteiger partial charge in [-0.2, -0.15) is 4.98 Å². The molecule has 28 heavy (non-hydrogen) atoms. The molecule has 7 heteroatoms. The van der Waals surface area contributed by atoms with Crippen LogP contribution in [0.4, 0.5) is 6.01 Å². The largest absolute Gasteiger partial charge is 0.466 e. The van der Waals surface area contributed by atoms with E-state index in [1.807, 2.05) is 43.3 Å². The standard InChI is InChI=1S/C21H20Cl2N2O3/c1-2-27-20(26)14-7-9-25(10-8-14)21-24-18-12-17(23)16(11-19(18)28-21)13-3-5-15(22)6-4-13/h3-6,11-12,14H,2,7-10H2,1H3. The smallest absolute Gasteiger partial charge is 0.309 e. The van der Waals surface area contributed by atoms with E-state index in [-0.39, 0.29) is 11.9 Å². The van der Waals surface area contributed by atoms with Gasteiger partial charge < -0.3 is 14.1 Å². The van der Waals surface area contributed by atoms with Crippen molar-refractivity contribution in [3.8, 4) is 11.1 Å². The van der Waals surface area contributed by atoms with E-state index in [1.54, 1.807) is 0 Å². The maximum atomic E-state index is 11.9. The van der Waals surface area contributed by atoms with Crippen LogP contribution in [-0.2, 0) is 9.53 Å². The quantitative estimate of drug-likeness (QED) is 0.517. The molecule has 1 fully saturated rings. The lowest BCUT2D eigenvalue weighted by Crippen LogP contribution is -2.37. The van der Waals surface area contributed by atoms with Gasteiger partial charge >= 0.3 is 5.97 Å². The zero-order valence-electron chi connectivity index (χ0n) is 15.5. The number of anilines is 1. The third-order valence-electron chi connectivity index (χ3n) is 5.01. The van der Waals surface area contributed by atoms with Crippen molar-refractivity contribution in [2.75, 3.05) is 24.6 Å². The van der Waals surface area contributed by atoms with Gasteiger partial charge in [0.15, 0.2) is 5.58 Å². The second kappa shape index (κ2) is 8.02. The van der Waals surface area contributed by atoms with Gasteiger partial charge in [-0.25, -0.2) is 0 Å². The molecular formula is C21H20Cl2N2O3.